The lowest BCUT2D eigenvalue weighted by Gasteiger charge is -2.14. The third kappa shape index (κ3) is 2.17. The fourth-order valence-electron chi connectivity index (χ4n) is 1.58. The van der Waals surface area contributed by atoms with Crippen LogP contribution in [0.3, 0.4) is 0 Å². The van der Waals surface area contributed by atoms with Crippen molar-refractivity contribution in [3.63, 3.8) is 0 Å². The van der Waals surface area contributed by atoms with Crippen LogP contribution in [0.1, 0.15) is 17.4 Å². The van der Waals surface area contributed by atoms with Crippen LogP contribution < -0.4 is 0 Å². The molecular formula is C11H13FO2S. The molecule has 0 aromatic heterocycles. The standard InChI is InChI=1S/C11H13FO2S/c1-7-5-8(11-13-3-4-14-11)10(15-2)6-9(7)12/h5-6,11H,3-4H2,1-2H3. The summed E-state index contributed by atoms with van der Waals surface area (Å²) in [6, 6.07) is 3.34. The van der Waals surface area contributed by atoms with E-state index in [1.165, 1.54) is 11.8 Å². The first-order chi connectivity index (χ1) is 7.22. The monoisotopic (exact) mass is 228 g/mol. The molecular weight excluding hydrogens is 215 g/mol. The fraction of sp³-hybridized carbons (Fsp3) is 0.455. The maximum atomic E-state index is 13.3. The largest absolute Gasteiger partial charge is 0.346 e. The quantitative estimate of drug-likeness (QED) is 0.725. The van der Waals surface area contributed by atoms with Crippen LogP contribution in [0.4, 0.5) is 4.39 Å². The molecule has 0 amide bonds. The highest BCUT2D eigenvalue weighted by Crippen LogP contribution is 2.33. The Labute approximate surface area is 92.8 Å². The molecule has 0 unspecified atom stereocenters. The van der Waals surface area contributed by atoms with Crippen LogP contribution in [0.5, 0.6) is 0 Å². The molecule has 4 heteroatoms. The van der Waals surface area contributed by atoms with Crippen LogP contribution >= 0.6 is 11.8 Å². The summed E-state index contributed by atoms with van der Waals surface area (Å²) in [5.74, 6) is -0.180. The Bertz CT molecular complexity index is 362. The Morgan fingerprint density at radius 1 is 1.33 bits per heavy atom. The SMILES string of the molecule is CSc1cc(F)c(C)cc1C1OCCO1. The summed E-state index contributed by atoms with van der Waals surface area (Å²) >= 11 is 1.51. The van der Waals surface area contributed by atoms with Crippen molar-refractivity contribution in [1.82, 2.24) is 0 Å². The number of thioether (sulfide) groups is 1. The Kier molecular flexibility index (Phi) is 3.29. The number of benzene rings is 1. The van der Waals surface area contributed by atoms with Crippen molar-refractivity contribution in [2.75, 3.05) is 19.5 Å². The van der Waals surface area contributed by atoms with Gasteiger partial charge in [-0.3, -0.25) is 0 Å². The van der Waals surface area contributed by atoms with E-state index in [0.29, 0.717) is 18.8 Å². The predicted octanol–water partition coefficient (Wildman–Crippen LogP) is 2.90. The van der Waals surface area contributed by atoms with Crippen molar-refractivity contribution in [1.29, 1.82) is 0 Å². The van der Waals surface area contributed by atoms with Gasteiger partial charge in [-0.05, 0) is 30.9 Å². The first kappa shape index (κ1) is 10.9. The third-order valence-corrected chi connectivity index (χ3v) is 3.18. The number of rotatable bonds is 2. The lowest BCUT2D eigenvalue weighted by atomic mass is 10.1. The summed E-state index contributed by atoms with van der Waals surface area (Å²) in [5.41, 5.74) is 1.56. The van der Waals surface area contributed by atoms with Crippen LogP contribution in [0.15, 0.2) is 17.0 Å². The molecule has 1 fully saturated rings. The molecule has 2 nitrogen and oxygen atoms in total. The van der Waals surface area contributed by atoms with E-state index in [4.69, 9.17) is 9.47 Å². The zero-order valence-electron chi connectivity index (χ0n) is 8.75. The molecule has 0 N–H and O–H groups in total. The predicted molar refractivity (Wildman–Crippen MR) is 57.6 cm³/mol. The van der Waals surface area contributed by atoms with Crippen LogP contribution in [0.2, 0.25) is 0 Å². The second-order valence-corrected chi connectivity index (χ2v) is 4.26. The van der Waals surface area contributed by atoms with Crippen molar-refractivity contribution in [3.8, 4) is 0 Å². The minimum Gasteiger partial charge on any atom is -0.346 e. The van der Waals surface area contributed by atoms with Crippen LogP contribution in [-0.2, 0) is 9.47 Å². The molecule has 0 radical (unpaired) electrons. The van der Waals surface area contributed by atoms with Gasteiger partial charge in [0.05, 0.1) is 13.2 Å². The Morgan fingerprint density at radius 2 is 2.00 bits per heavy atom. The average Bonchev–Trinajstić information content (AvgIpc) is 2.74. The zero-order valence-corrected chi connectivity index (χ0v) is 9.57. The summed E-state index contributed by atoms with van der Waals surface area (Å²) in [7, 11) is 0. The second kappa shape index (κ2) is 4.51. The molecule has 1 aliphatic heterocycles. The zero-order chi connectivity index (χ0) is 10.8. The van der Waals surface area contributed by atoms with Crippen LogP contribution in [-0.4, -0.2) is 19.5 Å². The van der Waals surface area contributed by atoms with Gasteiger partial charge in [0.25, 0.3) is 0 Å². The minimum absolute atomic E-state index is 0.180. The first-order valence-electron chi connectivity index (χ1n) is 4.79. The van der Waals surface area contributed by atoms with Gasteiger partial charge in [-0.2, -0.15) is 0 Å². The summed E-state index contributed by atoms with van der Waals surface area (Å²) in [6.45, 7) is 2.96. The second-order valence-electron chi connectivity index (χ2n) is 3.42. The first-order valence-corrected chi connectivity index (χ1v) is 6.02. The molecule has 0 spiro atoms. The molecule has 1 aromatic carbocycles. The van der Waals surface area contributed by atoms with E-state index >= 15 is 0 Å². The van der Waals surface area contributed by atoms with Gasteiger partial charge in [0.1, 0.15) is 5.82 Å². The van der Waals surface area contributed by atoms with Gasteiger partial charge in [-0.15, -0.1) is 11.8 Å². The molecule has 2 rings (SSSR count). The molecule has 1 aromatic rings. The lowest BCUT2D eigenvalue weighted by molar-refractivity contribution is -0.0461. The topological polar surface area (TPSA) is 18.5 Å². The lowest BCUT2D eigenvalue weighted by Crippen LogP contribution is -2.01. The van der Waals surface area contributed by atoms with Gasteiger partial charge in [0, 0.05) is 10.5 Å². The van der Waals surface area contributed by atoms with Crippen LogP contribution in [0.25, 0.3) is 0 Å². The summed E-state index contributed by atoms with van der Waals surface area (Å²) in [5, 5.41) is 0. The highest BCUT2D eigenvalue weighted by Gasteiger charge is 2.22. The molecule has 82 valence electrons. The van der Waals surface area contributed by atoms with Gasteiger partial charge in [0.15, 0.2) is 6.29 Å². The molecule has 0 aliphatic carbocycles. The molecule has 0 saturated carbocycles. The van der Waals surface area contributed by atoms with E-state index < -0.39 is 0 Å². The summed E-state index contributed by atoms with van der Waals surface area (Å²) in [4.78, 5) is 0.880. The molecule has 1 saturated heterocycles. The highest BCUT2D eigenvalue weighted by molar-refractivity contribution is 7.98. The van der Waals surface area contributed by atoms with E-state index in [2.05, 4.69) is 0 Å². The van der Waals surface area contributed by atoms with E-state index in [-0.39, 0.29) is 12.1 Å². The Hall–Kier alpha value is -0.580. The van der Waals surface area contributed by atoms with Crippen molar-refractivity contribution in [2.45, 2.75) is 18.1 Å². The molecule has 1 heterocycles. The fourth-order valence-corrected chi connectivity index (χ4v) is 2.20. The van der Waals surface area contributed by atoms with Crippen molar-refractivity contribution >= 4 is 11.8 Å². The van der Waals surface area contributed by atoms with Crippen LogP contribution in [0, 0.1) is 12.7 Å². The average molecular weight is 228 g/mol. The number of aryl methyl sites for hydroxylation is 1. The number of hydrogen-bond acceptors (Lipinski definition) is 3. The number of halogens is 1. The van der Waals surface area contributed by atoms with Gasteiger partial charge >= 0.3 is 0 Å². The Morgan fingerprint density at radius 3 is 2.60 bits per heavy atom. The van der Waals surface area contributed by atoms with Gasteiger partial charge in [0.2, 0.25) is 0 Å². The van der Waals surface area contributed by atoms with Crippen molar-refractivity contribution in [2.24, 2.45) is 0 Å². The smallest absolute Gasteiger partial charge is 0.185 e. The van der Waals surface area contributed by atoms with Gasteiger partial charge in [-0.25, -0.2) is 4.39 Å². The highest BCUT2D eigenvalue weighted by atomic mass is 32.2. The maximum Gasteiger partial charge on any atom is 0.185 e. The van der Waals surface area contributed by atoms with E-state index in [1.54, 1.807) is 19.1 Å². The van der Waals surface area contributed by atoms with Gasteiger partial charge < -0.3 is 9.47 Å². The van der Waals surface area contributed by atoms with Gasteiger partial charge in [-0.1, -0.05) is 0 Å². The number of hydrogen-bond donors (Lipinski definition) is 0. The molecule has 0 bridgehead atoms. The molecule has 0 atom stereocenters. The van der Waals surface area contributed by atoms with E-state index in [0.717, 1.165) is 10.5 Å². The molecule has 1 aliphatic rings. The maximum absolute atomic E-state index is 13.3. The number of ether oxygens (including phenoxy) is 2. The Balaban J connectivity index is 2.39. The molecule has 15 heavy (non-hydrogen) atoms. The van der Waals surface area contributed by atoms with E-state index in [9.17, 15) is 4.39 Å². The van der Waals surface area contributed by atoms with Crippen molar-refractivity contribution in [3.05, 3.63) is 29.1 Å². The third-order valence-electron chi connectivity index (χ3n) is 2.39. The summed E-state index contributed by atoms with van der Waals surface area (Å²) in [6.07, 6.45) is 1.59. The minimum atomic E-state index is -0.327. The summed E-state index contributed by atoms with van der Waals surface area (Å²) < 4.78 is 24.2. The normalized spacial score (nSPS) is 17.3. The van der Waals surface area contributed by atoms with Crippen molar-refractivity contribution < 1.29 is 13.9 Å². The van der Waals surface area contributed by atoms with E-state index in [1.807, 2.05) is 6.26 Å².